The van der Waals surface area contributed by atoms with Crippen molar-refractivity contribution in [3.63, 3.8) is 0 Å². The summed E-state index contributed by atoms with van der Waals surface area (Å²) in [5.74, 6) is -0.0323. The second kappa shape index (κ2) is 9.43. The van der Waals surface area contributed by atoms with Gasteiger partial charge in [0, 0.05) is 37.4 Å². The van der Waals surface area contributed by atoms with Crippen LogP contribution in [0.2, 0.25) is 0 Å². The second-order valence-electron chi connectivity index (χ2n) is 9.25. The molecule has 1 saturated heterocycles. The summed E-state index contributed by atoms with van der Waals surface area (Å²) >= 11 is 0. The van der Waals surface area contributed by atoms with Crippen LogP contribution in [0.25, 0.3) is 21.9 Å². The van der Waals surface area contributed by atoms with E-state index in [1.807, 2.05) is 30.7 Å². The molecule has 1 aliphatic rings. The molecule has 3 atom stereocenters. The first kappa shape index (κ1) is 25.2. The van der Waals surface area contributed by atoms with Crippen LogP contribution in [0.15, 0.2) is 49.1 Å². The molecule has 0 spiro atoms. The lowest BCUT2D eigenvalue weighted by molar-refractivity contribution is -0.237. The maximum Gasteiger partial charge on any atom is 0.417 e. The molecule has 0 amide bonds. The van der Waals surface area contributed by atoms with Crippen LogP contribution in [0.5, 0.6) is 5.75 Å². The molecule has 0 aliphatic carbocycles. The topological polar surface area (TPSA) is 107 Å². The van der Waals surface area contributed by atoms with Crippen LogP contribution in [-0.4, -0.2) is 51.2 Å². The Morgan fingerprint density at radius 1 is 1.14 bits per heavy atom. The fourth-order valence-corrected chi connectivity index (χ4v) is 4.32. The predicted molar refractivity (Wildman–Crippen MR) is 129 cm³/mol. The fourth-order valence-electron chi connectivity index (χ4n) is 4.32. The molecular formula is C25H26F3N5O4. The molecule has 1 aliphatic heterocycles. The molecule has 1 aromatic carbocycles. The first-order valence-electron chi connectivity index (χ1n) is 11.6. The van der Waals surface area contributed by atoms with Crippen molar-refractivity contribution < 1.29 is 32.1 Å². The van der Waals surface area contributed by atoms with Gasteiger partial charge in [-0.3, -0.25) is 4.98 Å². The first-order valence-corrected chi connectivity index (χ1v) is 11.6. The summed E-state index contributed by atoms with van der Waals surface area (Å²) in [4.78, 5) is 12.3. The van der Waals surface area contributed by atoms with Gasteiger partial charge in [0.05, 0.1) is 22.6 Å². The Morgan fingerprint density at radius 2 is 1.95 bits per heavy atom. The zero-order chi connectivity index (χ0) is 26.4. The molecular weight excluding hydrogens is 491 g/mol. The van der Waals surface area contributed by atoms with Crippen molar-refractivity contribution in [1.29, 1.82) is 0 Å². The number of nitrogen functional groups attached to an aromatic ring is 1. The largest absolute Gasteiger partial charge is 0.491 e. The average Bonchev–Trinajstić information content (AvgIpc) is 3.46. The molecule has 0 bridgehead atoms. The summed E-state index contributed by atoms with van der Waals surface area (Å²) in [7, 11) is 1.57. The van der Waals surface area contributed by atoms with E-state index in [0.717, 1.165) is 12.3 Å². The highest BCUT2D eigenvalue weighted by molar-refractivity contribution is 5.86. The van der Waals surface area contributed by atoms with Gasteiger partial charge < -0.3 is 29.2 Å². The maximum atomic E-state index is 13.0. The van der Waals surface area contributed by atoms with Crippen LogP contribution in [0.3, 0.4) is 0 Å². The number of aromatic nitrogens is 4. The lowest BCUT2D eigenvalue weighted by Crippen LogP contribution is -2.35. The summed E-state index contributed by atoms with van der Waals surface area (Å²) in [5, 5.41) is 1.07. The number of ether oxygens (including phenoxy) is 4. The summed E-state index contributed by atoms with van der Waals surface area (Å²) in [6.45, 7) is 3.81. The number of fused-ring (bicyclic) bond motifs is 2. The van der Waals surface area contributed by atoms with Gasteiger partial charge in [0.2, 0.25) is 0 Å². The third-order valence-electron chi connectivity index (χ3n) is 6.30. The highest BCUT2D eigenvalue weighted by Crippen LogP contribution is 2.37. The summed E-state index contributed by atoms with van der Waals surface area (Å²) in [6, 6.07) is 7.64. The van der Waals surface area contributed by atoms with Gasteiger partial charge in [0.15, 0.2) is 12.0 Å². The van der Waals surface area contributed by atoms with Gasteiger partial charge in [-0.2, -0.15) is 13.2 Å². The molecule has 37 heavy (non-hydrogen) atoms. The van der Waals surface area contributed by atoms with E-state index < -0.39 is 29.9 Å². The number of nitrogens with zero attached hydrogens (tertiary/aromatic N) is 4. The molecule has 0 saturated carbocycles. The van der Waals surface area contributed by atoms with E-state index in [9.17, 15) is 13.2 Å². The number of benzene rings is 1. The summed E-state index contributed by atoms with van der Waals surface area (Å²) in [5.41, 5.74) is 6.21. The van der Waals surface area contributed by atoms with Crippen molar-refractivity contribution in [2.75, 3.05) is 19.5 Å². The van der Waals surface area contributed by atoms with Crippen LogP contribution in [0.1, 0.15) is 32.1 Å². The van der Waals surface area contributed by atoms with E-state index in [4.69, 9.17) is 24.7 Å². The van der Waals surface area contributed by atoms with Gasteiger partial charge in [-0.1, -0.05) is 0 Å². The third-order valence-corrected chi connectivity index (χ3v) is 6.30. The Balaban J connectivity index is 1.34. The smallest absolute Gasteiger partial charge is 0.417 e. The molecule has 4 aromatic rings. The van der Waals surface area contributed by atoms with Gasteiger partial charge >= 0.3 is 6.18 Å². The summed E-state index contributed by atoms with van der Waals surface area (Å²) < 4.78 is 64.8. The van der Waals surface area contributed by atoms with E-state index in [1.165, 1.54) is 6.33 Å². The lowest BCUT2D eigenvalue weighted by Gasteiger charge is -2.30. The lowest BCUT2D eigenvalue weighted by atomic mass is 10.1. The van der Waals surface area contributed by atoms with E-state index >= 15 is 0 Å². The number of hydrogen-bond donors (Lipinski definition) is 1. The quantitative estimate of drug-likeness (QED) is 0.351. The second-order valence-corrected chi connectivity index (χ2v) is 9.25. The molecule has 5 rings (SSSR count). The maximum absolute atomic E-state index is 13.0. The zero-order valence-electron chi connectivity index (χ0n) is 20.4. The van der Waals surface area contributed by atoms with Gasteiger partial charge in [0.25, 0.3) is 0 Å². The molecule has 9 nitrogen and oxygen atoms in total. The number of pyridine rings is 1. The molecule has 4 heterocycles. The molecule has 12 heteroatoms. The molecule has 3 aromatic heterocycles. The molecule has 0 unspecified atom stereocenters. The number of alkyl halides is 3. The van der Waals surface area contributed by atoms with Crippen molar-refractivity contribution in [1.82, 2.24) is 19.5 Å². The van der Waals surface area contributed by atoms with E-state index in [1.54, 1.807) is 25.3 Å². The predicted octanol–water partition coefficient (Wildman–Crippen LogP) is 4.71. The van der Waals surface area contributed by atoms with E-state index in [-0.39, 0.29) is 12.7 Å². The number of anilines is 1. The van der Waals surface area contributed by atoms with Crippen LogP contribution in [0, 0.1) is 0 Å². The Morgan fingerprint density at radius 3 is 2.70 bits per heavy atom. The van der Waals surface area contributed by atoms with Gasteiger partial charge in [-0.15, -0.1) is 0 Å². The Labute approximate surface area is 210 Å². The van der Waals surface area contributed by atoms with Gasteiger partial charge in [-0.05, 0) is 38.1 Å². The molecule has 196 valence electrons. The number of rotatable bonds is 7. The fraction of sp³-hybridized carbons (Fsp3) is 0.400. The first-order chi connectivity index (χ1) is 17.5. The van der Waals surface area contributed by atoms with Crippen molar-refractivity contribution in [3.05, 3.63) is 54.6 Å². The van der Waals surface area contributed by atoms with Crippen LogP contribution in [0.4, 0.5) is 19.0 Å². The normalized spacial score (nSPS) is 20.6. The van der Waals surface area contributed by atoms with E-state index in [2.05, 4.69) is 15.0 Å². The van der Waals surface area contributed by atoms with Crippen molar-refractivity contribution in [2.45, 2.75) is 50.7 Å². The minimum atomic E-state index is -4.45. The van der Waals surface area contributed by atoms with E-state index in [0.29, 0.717) is 39.9 Å². The van der Waals surface area contributed by atoms with Crippen molar-refractivity contribution in [2.24, 2.45) is 0 Å². The summed E-state index contributed by atoms with van der Waals surface area (Å²) in [6.07, 6.45) is -1.20. The van der Waals surface area contributed by atoms with Crippen LogP contribution < -0.4 is 10.5 Å². The average molecular weight is 518 g/mol. The standard InChI is InChI=1S/C25H26F3N5O4/c1-24(2,34-3)37-20-10-17(36-23(20)33-7-6-18-21(29)31-13-32-22(18)33)12-35-16-5-4-14-8-15(25(26,27)28)11-30-19(14)9-16/h4-9,11,13,17,20,23H,10,12H2,1-3H3,(H2,29,31,32)/t17-,20+,23+/m0/s1. The molecule has 2 N–H and O–H groups in total. The highest BCUT2D eigenvalue weighted by Gasteiger charge is 2.41. The SMILES string of the molecule is COC(C)(C)O[C@@H]1C[C@@H](COc2ccc3cc(C(F)(F)F)cnc3c2)O[C@H]1n1ccc2c(N)ncnc21. The molecule has 1 fully saturated rings. The van der Waals surface area contributed by atoms with Crippen LogP contribution >= 0.6 is 0 Å². The van der Waals surface area contributed by atoms with Gasteiger partial charge in [0.1, 0.15) is 36.3 Å². The van der Waals surface area contributed by atoms with Crippen molar-refractivity contribution >= 4 is 27.8 Å². The number of methoxy groups -OCH3 is 1. The Bertz CT molecular complexity index is 1420. The highest BCUT2D eigenvalue weighted by atomic mass is 19.4. The number of nitrogens with two attached hydrogens (primary N) is 1. The third kappa shape index (κ3) is 5.17. The van der Waals surface area contributed by atoms with Gasteiger partial charge in [-0.25, -0.2) is 9.97 Å². The monoisotopic (exact) mass is 517 g/mol. The van der Waals surface area contributed by atoms with Crippen LogP contribution in [-0.2, 0) is 20.4 Å². The Hall–Kier alpha value is -3.48. The minimum Gasteiger partial charge on any atom is -0.491 e. The van der Waals surface area contributed by atoms with Crippen molar-refractivity contribution in [3.8, 4) is 5.75 Å². The zero-order valence-corrected chi connectivity index (χ0v) is 20.4. The number of hydrogen-bond acceptors (Lipinski definition) is 8. The number of halogens is 3. The Kier molecular flexibility index (Phi) is 6.42. The molecule has 0 radical (unpaired) electrons. The minimum absolute atomic E-state index is 0.187.